The molecule has 2 aromatic heterocycles. The Hall–Kier alpha value is -2.70. The van der Waals surface area contributed by atoms with Crippen LogP contribution in [0.4, 0.5) is 0 Å². The van der Waals surface area contributed by atoms with Crippen molar-refractivity contribution in [2.24, 2.45) is 7.05 Å². The van der Waals surface area contributed by atoms with E-state index in [0.717, 1.165) is 42.3 Å². The molecule has 140 valence electrons. The summed E-state index contributed by atoms with van der Waals surface area (Å²) in [6.45, 7) is 3.32. The molecular formula is C21H24N4O2. The van der Waals surface area contributed by atoms with E-state index in [1.807, 2.05) is 60.4 Å². The number of rotatable bonds is 5. The zero-order valence-corrected chi connectivity index (χ0v) is 15.7. The first kappa shape index (κ1) is 17.7. The normalized spacial score (nSPS) is 17.8. The van der Waals surface area contributed by atoms with Gasteiger partial charge in [-0.2, -0.15) is 5.10 Å². The van der Waals surface area contributed by atoms with Gasteiger partial charge in [0.25, 0.3) is 0 Å². The van der Waals surface area contributed by atoms with Gasteiger partial charge in [0.05, 0.1) is 30.8 Å². The number of nitrogens with zero attached hydrogens (tertiary/aromatic N) is 4. The number of hydrogen-bond acceptors (Lipinski definition) is 5. The smallest absolute Gasteiger partial charge is 0.118 e. The van der Waals surface area contributed by atoms with Gasteiger partial charge in [-0.25, -0.2) is 0 Å². The van der Waals surface area contributed by atoms with Crippen molar-refractivity contribution in [2.45, 2.75) is 12.6 Å². The standard InChI is InChI=1S/C21H24N4O2/c1-24-17(10-11-22-24)14-25-12-13-27-21(15-25)20-5-3-4-19(23-20)16-6-8-18(26-2)9-7-16/h3-11,21H,12-15H2,1-2H3. The average Bonchev–Trinajstić information content (AvgIpc) is 3.13. The third kappa shape index (κ3) is 4.02. The Morgan fingerprint density at radius 2 is 2.00 bits per heavy atom. The number of hydrogen-bond donors (Lipinski definition) is 0. The molecule has 6 nitrogen and oxygen atoms in total. The van der Waals surface area contributed by atoms with Crippen molar-refractivity contribution in [1.29, 1.82) is 0 Å². The first-order valence-corrected chi connectivity index (χ1v) is 9.15. The van der Waals surface area contributed by atoms with E-state index >= 15 is 0 Å². The molecule has 0 spiro atoms. The van der Waals surface area contributed by atoms with E-state index in [1.165, 1.54) is 5.69 Å². The maximum Gasteiger partial charge on any atom is 0.118 e. The summed E-state index contributed by atoms with van der Waals surface area (Å²) < 4.78 is 13.2. The van der Waals surface area contributed by atoms with Crippen molar-refractivity contribution in [3.63, 3.8) is 0 Å². The van der Waals surface area contributed by atoms with Gasteiger partial charge in [0.2, 0.25) is 0 Å². The predicted molar refractivity (Wildman–Crippen MR) is 103 cm³/mol. The number of morpholine rings is 1. The van der Waals surface area contributed by atoms with Crippen molar-refractivity contribution < 1.29 is 9.47 Å². The number of aryl methyl sites for hydroxylation is 1. The number of methoxy groups -OCH3 is 1. The van der Waals surface area contributed by atoms with Crippen LogP contribution in [0.3, 0.4) is 0 Å². The lowest BCUT2D eigenvalue weighted by molar-refractivity contribution is -0.0355. The molecule has 1 unspecified atom stereocenters. The Kier molecular flexibility index (Phi) is 5.18. The van der Waals surface area contributed by atoms with Gasteiger partial charge < -0.3 is 9.47 Å². The molecule has 0 radical (unpaired) electrons. The van der Waals surface area contributed by atoms with Crippen molar-refractivity contribution in [3.8, 4) is 17.0 Å². The largest absolute Gasteiger partial charge is 0.497 e. The minimum atomic E-state index is -0.0230. The highest BCUT2D eigenvalue weighted by atomic mass is 16.5. The van der Waals surface area contributed by atoms with Gasteiger partial charge >= 0.3 is 0 Å². The topological polar surface area (TPSA) is 52.4 Å². The fourth-order valence-corrected chi connectivity index (χ4v) is 3.36. The van der Waals surface area contributed by atoms with Crippen molar-refractivity contribution >= 4 is 0 Å². The van der Waals surface area contributed by atoms with E-state index in [2.05, 4.69) is 16.1 Å². The van der Waals surface area contributed by atoms with E-state index in [9.17, 15) is 0 Å². The van der Waals surface area contributed by atoms with Gasteiger partial charge in [-0.05, 0) is 42.5 Å². The van der Waals surface area contributed by atoms with Crippen LogP contribution < -0.4 is 4.74 Å². The molecule has 0 N–H and O–H groups in total. The van der Waals surface area contributed by atoms with Crippen molar-refractivity contribution in [3.05, 3.63) is 66.1 Å². The molecule has 4 rings (SSSR count). The highest BCUT2D eigenvalue weighted by Gasteiger charge is 2.24. The van der Waals surface area contributed by atoms with E-state index < -0.39 is 0 Å². The van der Waals surface area contributed by atoms with Crippen LogP contribution in [0.2, 0.25) is 0 Å². The first-order valence-electron chi connectivity index (χ1n) is 9.15. The Morgan fingerprint density at radius 3 is 2.74 bits per heavy atom. The molecule has 0 bridgehead atoms. The SMILES string of the molecule is COc1ccc(-c2cccc(C3CN(Cc4ccnn4C)CCO3)n2)cc1. The Bertz CT molecular complexity index is 891. The van der Waals surface area contributed by atoms with Gasteiger partial charge in [-0.1, -0.05) is 6.07 Å². The zero-order chi connectivity index (χ0) is 18.6. The number of ether oxygens (including phenoxy) is 2. The molecule has 1 atom stereocenters. The molecule has 1 aliphatic heterocycles. The maximum absolute atomic E-state index is 6.02. The molecule has 3 heterocycles. The van der Waals surface area contributed by atoms with E-state index in [1.54, 1.807) is 7.11 Å². The van der Waals surface area contributed by atoms with Gasteiger partial charge in [-0.3, -0.25) is 14.6 Å². The molecule has 27 heavy (non-hydrogen) atoms. The summed E-state index contributed by atoms with van der Waals surface area (Å²) in [6, 6.07) is 16.2. The fourth-order valence-electron chi connectivity index (χ4n) is 3.36. The second-order valence-electron chi connectivity index (χ2n) is 6.72. The highest BCUT2D eigenvalue weighted by Crippen LogP contribution is 2.26. The Morgan fingerprint density at radius 1 is 1.15 bits per heavy atom. The maximum atomic E-state index is 6.02. The molecule has 1 fully saturated rings. The van der Waals surface area contributed by atoms with Crippen LogP contribution in [-0.2, 0) is 18.3 Å². The van der Waals surface area contributed by atoms with Crippen molar-refractivity contribution in [1.82, 2.24) is 19.7 Å². The Labute approximate surface area is 159 Å². The summed E-state index contributed by atoms with van der Waals surface area (Å²) in [5.74, 6) is 0.844. The molecule has 0 amide bonds. The number of pyridine rings is 1. The van der Waals surface area contributed by atoms with E-state index in [-0.39, 0.29) is 6.10 Å². The van der Waals surface area contributed by atoms with Crippen LogP contribution in [0.1, 0.15) is 17.5 Å². The zero-order valence-electron chi connectivity index (χ0n) is 15.7. The molecule has 1 aromatic carbocycles. The van der Waals surface area contributed by atoms with E-state index in [4.69, 9.17) is 14.5 Å². The lowest BCUT2D eigenvalue weighted by atomic mass is 10.1. The second-order valence-corrected chi connectivity index (χ2v) is 6.72. The van der Waals surface area contributed by atoms with E-state index in [0.29, 0.717) is 6.61 Å². The third-order valence-corrected chi connectivity index (χ3v) is 4.94. The van der Waals surface area contributed by atoms with Gasteiger partial charge in [0, 0.05) is 38.4 Å². The number of benzene rings is 1. The van der Waals surface area contributed by atoms with Crippen LogP contribution in [0, 0.1) is 0 Å². The fraction of sp³-hybridized carbons (Fsp3) is 0.333. The molecule has 0 saturated carbocycles. The molecule has 1 saturated heterocycles. The average molecular weight is 364 g/mol. The molecule has 1 aliphatic rings. The minimum absolute atomic E-state index is 0.0230. The molecule has 3 aromatic rings. The predicted octanol–water partition coefficient (Wildman–Crippen LogP) is 3.06. The monoisotopic (exact) mass is 364 g/mol. The van der Waals surface area contributed by atoms with Crippen LogP contribution in [0.15, 0.2) is 54.7 Å². The highest BCUT2D eigenvalue weighted by molar-refractivity contribution is 5.60. The van der Waals surface area contributed by atoms with Gasteiger partial charge in [0.15, 0.2) is 0 Å². The van der Waals surface area contributed by atoms with Gasteiger partial charge in [-0.15, -0.1) is 0 Å². The van der Waals surface area contributed by atoms with Crippen LogP contribution in [0.25, 0.3) is 11.3 Å². The van der Waals surface area contributed by atoms with Crippen LogP contribution in [-0.4, -0.2) is 46.5 Å². The summed E-state index contributed by atoms with van der Waals surface area (Å²) in [7, 11) is 3.65. The molecule has 0 aliphatic carbocycles. The first-order chi connectivity index (χ1) is 13.2. The summed E-state index contributed by atoms with van der Waals surface area (Å²) >= 11 is 0. The summed E-state index contributed by atoms with van der Waals surface area (Å²) in [5, 5.41) is 4.25. The van der Waals surface area contributed by atoms with Crippen LogP contribution in [0.5, 0.6) is 5.75 Å². The summed E-state index contributed by atoms with van der Waals surface area (Å²) in [5.41, 5.74) is 4.19. The van der Waals surface area contributed by atoms with Crippen molar-refractivity contribution in [2.75, 3.05) is 26.8 Å². The third-order valence-electron chi connectivity index (χ3n) is 4.94. The lowest BCUT2D eigenvalue weighted by Gasteiger charge is -2.32. The number of aromatic nitrogens is 3. The second kappa shape index (κ2) is 7.90. The van der Waals surface area contributed by atoms with Crippen LogP contribution >= 0.6 is 0 Å². The lowest BCUT2D eigenvalue weighted by Crippen LogP contribution is -2.38. The molecular weight excluding hydrogens is 340 g/mol. The molecule has 6 heteroatoms. The summed E-state index contributed by atoms with van der Waals surface area (Å²) in [6.07, 6.45) is 1.82. The Balaban J connectivity index is 1.49. The summed E-state index contributed by atoms with van der Waals surface area (Å²) in [4.78, 5) is 7.26. The minimum Gasteiger partial charge on any atom is -0.497 e. The van der Waals surface area contributed by atoms with Gasteiger partial charge in [0.1, 0.15) is 11.9 Å². The quantitative estimate of drug-likeness (QED) is 0.696.